The number of amides is 1. The number of methoxy groups -OCH3 is 2. The van der Waals surface area contributed by atoms with Crippen molar-refractivity contribution in [2.45, 2.75) is 38.1 Å². The number of imidazole rings is 1. The van der Waals surface area contributed by atoms with Crippen molar-refractivity contribution in [3.05, 3.63) is 84.7 Å². The van der Waals surface area contributed by atoms with Crippen molar-refractivity contribution in [1.82, 2.24) is 34.2 Å². The number of benzene rings is 2. The van der Waals surface area contributed by atoms with Crippen LogP contribution in [0.25, 0.3) is 39.0 Å². The van der Waals surface area contributed by atoms with E-state index in [1.54, 1.807) is 35.2 Å². The molecule has 2 aliphatic heterocycles. The van der Waals surface area contributed by atoms with Gasteiger partial charge in [-0.3, -0.25) is 4.79 Å². The standard InChI is InChI=1S/C36H36FN9O3/c1-21-40-28-9-5-7-25-27-8-6-10-33(42-27)41-23-16-31(36(47)43(2)19-24(48-3)20-44(21)34(25)28)45(18-23)29-13-14-38-35-26(29)17-39-46(35)30-12-11-22(37)15-32(30)49-4/h5-15,17,23-24,31H,16,18-20H2,1-4H3,(H,41,42)/t23-,24-,31-/m0/s1. The Labute approximate surface area is 282 Å². The third-order valence-electron chi connectivity index (χ3n) is 9.62. The summed E-state index contributed by atoms with van der Waals surface area (Å²) in [7, 11) is 5.01. The zero-order chi connectivity index (χ0) is 33.8. The zero-order valence-electron chi connectivity index (χ0n) is 27.7. The maximum absolute atomic E-state index is 14.4. The van der Waals surface area contributed by atoms with Crippen LogP contribution in [0.1, 0.15) is 12.2 Å². The van der Waals surface area contributed by atoms with Gasteiger partial charge in [0.2, 0.25) is 5.91 Å². The Morgan fingerprint density at radius 2 is 1.84 bits per heavy atom. The van der Waals surface area contributed by atoms with Crippen molar-refractivity contribution in [3.8, 4) is 22.7 Å². The van der Waals surface area contributed by atoms with Crippen LogP contribution >= 0.6 is 0 Å². The molecule has 0 spiro atoms. The third kappa shape index (κ3) is 5.30. The molecule has 2 aromatic carbocycles. The van der Waals surface area contributed by atoms with Gasteiger partial charge < -0.3 is 29.2 Å². The van der Waals surface area contributed by atoms with Crippen molar-refractivity contribution in [3.63, 3.8) is 0 Å². The molecule has 2 aliphatic rings. The first-order valence-corrected chi connectivity index (χ1v) is 16.2. The van der Waals surface area contributed by atoms with Crippen LogP contribution in [0.3, 0.4) is 0 Å². The summed E-state index contributed by atoms with van der Waals surface area (Å²) in [6, 6.07) is 17.7. The maximum Gasteiger partial charge on any atom is 0.245 e. The topological polar surface area (TPSA) is 115 Å². The van der Waals surface area contributed by atoms with Crippen LogP contribution < -0.4 is 15.0 Å². The van der Waals surface area contributed by atoms with Gasteiger partial charge in [0.15, 0.2) is 5.65 Å². The van der Waals surface area contributed by atoms with E-state index in [-0.39, 0.29) is 18.1 Å². The second kappa shape index (κ2) is 12.2. The summed E-state index contributed by atoms with van der Waals surface area (Å²) in [5, 5.41) is 9.03. The van der Waals surface area contributed by atoms with E-state index in [2.05, 4.69) is 30.9 Å². The molecule has 0 aliphatic carbocycles. The quantitative estimate of drug-likeness (QED) is 0.284. The highest BCUT2D eigenvalue weighted by atomic mass is 19.1. The number of halogens is 1. The van der Waals surface area contributed by atoms with Gasteiger partial charge in [-0.05, 0) is 49.7 Å². The number of likely N-dealkylation sites (N-methyl/N-ethyl adjacent to an activating group) is 1. The predicted octanol–water partition coefficient (Wildman–Crippen LogP) is 4.83. The average Bonchev–Trinajstić information content (AvgIpc) is 3.82. The van der Waals surface area contributed by atoms with Crippen LogP contribution in [0.5, 0.6) is 5.75 Å². The number of aryl methyl sites for hydroxylation is 1. The van der Waals surface area contributed by atoms with Crippen LogP contribution in [0, 0.1) is 12.7 Å². The van der Waals surface area contributed by atoms with Crippen molar-refractivity contribution in [1.29, 1.82) is 0 Å². The number of rotatable bonds is 4. The highest BCUT2D eigenvalue weighted by Gasteiger charge is 2.40. The van der Waals surface area contributed by atoms with Crippen molar-refractivity contribution in [2.75, 3.05) is 44.6 Å². The number of pyridine rings is 2. The van der Waals surface area contributed by atoms with Crippen LogP contribution in [0.4, 0.5) is 15.9 Å². The first kappa shape index (κ1) is 30.8. The van der Waals surface area contributed by atoms with Gasteiger partial charge in [0.1, 0.15) is 34.9 Å². The molecule has 13 heteroatoms. The highest BCUT2D eigenvalue weighted by molar-refractivity contribution is 5.95. The van der Waals surface area contributed by atoms with Crippen molar-refractivity contribution >= 4 is 39.5 Å². The fourth-order valence-electron chi connectivity index (χ4n) is 7.28. The Morgan fingerprint density at radius 3 is 2.67 bits per heavy atom. The van der Waals surface area contributed by atoms with Crippen molar-refractivity contribution in [2.24, 2.45) is 0 Å². The molecule has 0 saturated carbocycles. The number of aromatic nitrogens is 6. The molecule has 6 aromatic rings. The molecule has 0 radical (unpaired) electrons. The molecule has 3 atom stereocenters. The molecule has 1 amide bonds. The smallest absolute Gasteiger partial charge is 0.245 e. The molecular weight excluding hydrogens is 625 g/mol. The summed E-state index contributed by atoms with van der Waals surface area (Å²) in [5.41, 5.74) is 5.64. The molecule has 6 heterocycles. The second-order valence-electron chi connectivity index (χ2n) is 12.6. The van der Waals surface area contributed by atoms with Crippen LogP contribution in [-0.4, -0.2) is 92.7 Å². The number of anilines is 2. The fraction of sp³-hybridized carbons (Fsp3) is 0.306. The summed E-state index contributed by atoms with van der Waals surface area (Å²) in [5.74, 6) is 1.49. The Bertz CT molecular complexity index is 2220. The Balaban J connectivity index is 1.22. The summed E-state index contributed by atoms with van der Waals surface area (Å²) in [6.07, 6.45) is 3.70. The number of hydrogen-bond donors (Lipinski definition) is 1. The van der Waals surface area contributed by atoms with Crippen LogP contribution in [-0.2, 0) is 16.1 Å². The largest absolute Gasteiger partial charge is 0.494 e. The number of para-hydroxylation sites is 1. The SMILES string of the molecule is COc1cc(F)ccc1-n1ncc2c(N3C[C@@H]4C[C@H]3C(=O)N(C)C[C@H](OC)Cn3c(C)nc5cccc(c53)-c3cccc(n3)N4)ccnc21. The molecule has 8 rings (SSSR count). The predicted molar refractivity (Wildman–Crippen MR) is 185 cm³/mol. The Morgan fingerprint density at radius 1 is 0.980 bits per heavy atom. The van der Waals surface area contributed by atoms with Gasteiger partial charge >= 0.3 is 0 Å². The summed E-state index contributed by atoms with van der Waals surface area (Å²) >= 11 is 0. The third-order valence-corrected chi connectivity index (χ3v) is 9.62. The number of fused-ring (bicyclic) bond motifs is 6. The molecule has 4 aromatic heterocycles. The highest BCUT2D eigenvalue weighted by Crippen LogP contribution is 2.36. The van der Waals surface area contributed by atoms with Crippen LogP contribution in [0.2, 0.25) is 0 Å². The van der Waals surface area contributed by atoms with Gasteiger partial charge in [-0.2, -0.15) is 5.10 Å². The lowest BCUT2D eigenvalue weighted by atomic mass is 10.1. The van der Waals surface area contributed by atoms with E-state index in [4.69, 9.17) is 19.4 Å². The minimum Gasteiger partial charge on any atom is -0.494 e. The van der Waals surface area contributed by atoms with Gasteiger partial charge in [-0.25, -0.2) is 24.0 Å². The summed E-state index contributed by atoms with van der Waals surface area (Å²) < 4.78 is 29.3. The normalized spacial score (nSPS) is 19.6. The lowest BCUT2D eigenvalue weighted by Crippen LogP contribution is -2.47. The molecule has 1 N–H and O–H groups in total. The molecule has 0 unspecified atom stereocenters. The Hall–Kier alpha value is -5.56. The van der Waals surface area contributed by atoms with Crippen LogP contribution in [0.15, 0.2) is 73.1 Å². The lowest BCUT2D eigenvalue weighted by molar-refractivity contribution is -0.132. The summed E-state index contributed by atoms with van der Waals surface area (Å²) in [4.78, 5) is 32.9. The van der Waals surface area contributed by atoms with Gasteiger partial charge in [0, 0.05) is 51.1 Å². The number of carbonyl (C=O) groups is 1. The van der Waals surface area contributed by atoms with E-state index in [1.165, 1.54) is 19.2 Å². The number of nitrogens with one attached hydrogen (secondary N) is 1. The minimum absolute atomic E-state index is 0.0200. The fourth-order valence-corrected chi connectivity index (χ4v) is 7.28. The van der Waals surface area contributed by atoms with Gasteiger partial charge in [-0.1, -0.05) is 18.2 Å². The number of hydrogen-bond acceptors (Lipinski definition) is 9. The molecule has 12 nitrogen and oxygen atoms in total. The van der Waals surface area contributed by atoms with E-state index >= 15 is 0 Å². The number of nitrogens with zero attached hydrogens (tertiary/aromatic N) is 8. The monoisotopic (exact) mass is 661 g/mol. The molecule has 1 fully saturated rings. The minimum atomic E-state index is -0.485. The molecule has 49 heavy (non-hydrogen) atoms. The first-order chi connectivity index (χ1) is 23.8. The zero-order valence-corrected chi connectivity index (χ0v) is 27.7. The van der Waals surface area contributed by atoms with E-state index in [0.29, 0.717) is 43.1 Å². The van der Waals surface area contributed by atoms with Gasteiger partial charge in [0.25, 0.3) is 0 Å². The van der Waals surface area contributed by atoms with E-state index in [9.17, 15) is 9.18 Å². The Kier molecular flexibility index (Phi) is 7.63. The first-order valence-electron chi connectivity index (χ1n) is 16.2. The number of carbonyl (C=O) groups excluding carboxylic acids is 1. The van der Waals surface area contributed by atoms with E-state index in [1.807, 2.05) is 50.4 Å². The van der Waals surface area contributed by atoms with Gasteiger partial charge in [0.05, 0.1) is 53.8 Å². The lowest BCUT2D eigenvalue weighted by Gasteiger charge is -2.31. The average molecular weight is 662 g/mol. The molecular formula is C36H36FN9O3. The second-order valence-corrected chi connectivity index (χ2v) is 12.6. The molecule has 250 valence electrons. The number of ether oxygens (including phenoxy) is 2. The molecule has 1 saturated heterocycles. The van der Waals surface area contributed by atoms with E-state index < -0.39 is 11.9 Å². The van der Waals surface area contributed by atoms with Gasteiger partial charge in [-0.15, -0.1) is 0 Å². The van der Waals surface area contributed by atoms with Crippen molar-refractivity contribution < 1.29 is 18.7 Å². The maximum atomic E-state index is 14.4. The van der Waals surface area contributed by atoms with E-state index in [0.717, 1.165) is 45.0 Å². The summed E-state index contributed by atoms with van der Waals surface area (Å²) in [6.45, 7) is 3.43. The molecule has 4 bridgehead atoms.